The molecule has 0 radical (unpaired) electrons. The Labute approximate surface area is 347 Å². The van der Waals surface area contributed by atoms with E-state index >= 15 is 0 Å². The number of amidine groups is 1. The molecule has 1 unspecified atom stereocenters. The molecule has 10 aromatic rings. The molecule has 1 atom stereocenters. The van der Waals surface area contributed by atoms with E-state index < -0.39 is 6.04 Å². The lowest BCUT2D eigenvalue weighted by Gasteiger charge is -2.18. The smallest absolute Gasteiger partial charge is 0.145 e. The summed E-state index contributed by atoms with van der Waals surface area (Å²) in [6.07, 6.45) is 0. The van der Waals surface area contributed by atoms with Crippen molar-refractivity contribution < 1.29 is 0 Å². The van der Waals surface area contributed by atoms with Crippen LogP contribution in [0.15, 0.2) is 211 Å². The molecule has 0 amide bonds. The number of nitrogens with one attached hydrogen (secondary N) is 1. The molecule has 0 aliphatic heterocycles. The highest BCUT2D eigenvalue weighted by molar-refractivity contribution is 5.98. The van der Waals surface area contributed by atoms with E-state index in [1.807, 2.05) is 115 Å². The van der Waals surface area contributed by atoms with Crippen LogP contribution in [0.1, 0.15) is 22.7 Å². The molecule has 8 aromatic carbocycles. The number of aromatic nitrogens is 4. The second-order valence-corrected chi connectivity index (χ2v) is 14.6. The predicted molar refractivity (Wildman–Crippen MR) is 246 cm³/mol. The Morgan fingerprint density at radius 2 is 0.933 bits per heavy atom. The summed E-state index contributed by atoms with van der Waals surface area (Å²) in [4.78, 5) is 15.3. The zero-order valence-electron chi connectivity index (χ0n) is 32.6. The molecule has 8 heteroatoms. The van der Waals surface area contributed by atoms with Gasteiger partial charge in [-0.15, -0.1) is 0 Å². The van der Waals surface area contributed by atoms with Gasteiger partial charge in [-0.1, -0.05) is 121 Å². The predicted octanol–water partition coefficient (Wildman–Crippen LogP) is 11.5. The van der Waals surface area contributed by atoms with Crippen molar-refractivity contribution in [2.75, 3.05) is 11.1 Å². The summed E-state index contributed by atoms with van der Waals surface area (Å²) in [6.45, 7) is 0. The van der Waals surface area contributed by atoms with Crippen LogP contribution in [0.3, 0.4) is 0 Å². The summed E-state index contributed by atoms with van der Waals surface area (Å²) in [5, 5.41) is 3.44. The lowest BCUT2D eigenvalue weighted by atomic mass is 9.98. The number of nitrogens with two attached hydrogens (primary N) is 2. The van der Waals surface area contributed by atoms with Crippen LogP contribution in [0.4, 0.5) is 17.1 Å². The molecule has 0 aliphatic rings. The second-order valence-electron chi connectivity index (χ2n) is 14.6. The molecule has 288 valence electrons. The van der Waals surface area contributed by atoms with Gasteiger partial charge in [0.05, 0.1) is 33.4 Å². The van der Waals surface area contributed by atoms with E-state index in [2.05, 4.69) is 105 Å². The van der Waals surface area contributed by atoms with E-state index in [-0.39, 0.29) is 0 Å². The Balaban J connectivity index is 1.02. The topological polar surface area (TPSA) is 112 Å². The lowest BCUT2D eigenvalue weighted by molar-refractivity contribution is 0.869. The zero-order valence-corrected chi connectivity index (χ0v) is 32.6. The summed E-state index contributed by atoms with van der Waals surface area (Å²) in [7, 11) is 0. The minimum Gasteiger partial charge on any atom is -0.397 e. The average Bonchev–Trinajstić information content (AvgIpc) is 3.90. The fourth-order valence-corrected chi connectivity index (χ4v) is 7.79. The number of hydrogen-bond acceptors (Lipinski definition) is 5. The molecule has 5 N–H and O–H groups in total. The molecule has 10 rings (SSSR count). The van der Waals surface area contributed by atoms with E-state index in [9.17, 15) is 0 Å². The monoisotopic (exact) mass is 776 g/mol. The third-order valence-electron chi connectivity index (χ3n) is 10.8. The first-order valence-corrected chi connectivity index (χ1v) is 19.9. The van der Waals surface area contributed by atoms with Gasteiger partial charge in [0, 0.05) is 33.8 Å². The summed E-state index contributed by atoms with van der Waals surface area (Å²) in [5.74, 6) is 2.19. The van der Waals surface area contributed by atoms with Gasteiger partial charge in [0.1, 0.15) is 23.5 Å². The molecule has 0 aliphatic carbocycles. The SMILES string of the molecule is NC(=NC(c1ccc(Nc2ccccc2N)cc1)c1ccc(-n2c(-c3ccccc3)nc3ccccc32)cc1)c1ccc(-n2c(-c3ccccc3)nc3ccccc32)cc1. The Morgan fingerprint density at radius 1 is 0.483 bits per heavy atom. The van der Waals surface area contributed by atoms with Gasteiger partial charge in [-0.05, 0) is 96.1 Å². The Kier molecular flexibility index (Phi) is 9.40. The third kappa shape index (κ3) is 6.92. The molecule has 0 saturated carbocycles. The van der Waals surface area contributed by atoms with Gasteiger partial charge in [0.2, 0.25) is 0 Å². The number of aliphatic imine (C=N–C) groups is 1. The number of rotatable bonds is 10. The van der Waals surface area contributed by atoms with Crippen LogP contribution < -0.4 is 16.8 Å². The minimum absolute atomic E-state index is 0.398. The number of nitrogens with zero attached hydrogens (tertiary/aromatic N) is 5. The van der Waals surface area contributed by atoms with Crippen molar-refractivity contribution in [3.8, 4) is 34.2 Å². The van der Waals surface area contributed by atoms with Gasteiger partial charge in [0.25, 0.3) is 0 Å². The Hall–Kier alpha value is -8.23. The van der Waals surface area contributed by atoms with Gasteiger partial charge in [-0.2, -0.15) is 0 Å². The fourth-order valence-electron chi connectivity index (χ4n) is 7.79. The highest BCUT2D eigenvalue weighted by Crippen LogP contribution is 2.34. The van der Waals surface area contributed by atoms with Crippen molar-refractivity contribution in [1.82, 2.24) is 19.1 Å². The molecule has 8 nitrogen and oxygen atoms in total. The van der Waals surface area contributed by atoms with Crippen LogP contribution >= 0.6 is 0 Å². The van der Waals surface area contributed by atoms with E-state index in [0.29, 0.717) is 11.5 Å². The summed E-state index contributed by atoms with van der Waals surface area (Å²) >= 11 is 0. The summed E-state index contributed by atoms with van der Waals surface area (Å²) < 4.78 is 4.41. The number of hydrogen-bond donors (Lipinski definition) is 3. The van der Waals surface area contributed by atoms with Crippen molar-refractivity contribution in [2.24, 2.45) is 10.7 Å². The van der Waals surface area contributed by atoms with Crippen LogP contribution in [0.25, 0.3) is 56.2 Å². The van der Waals surface area contributed by atoms with E-state index in [1.54, 1.807) is 0 Å². The Morgan fingerprint density at radius 3 is 1.47 bits per heavy atom. The van der Waals surface area contributed by atoms with Crippen molar-refractivity contribution in [3.63, 3.8) is 0 Å². The third-order valence-corrected chi connectivity index (χ3v) is 10.8. The highest BCUT2D eigenvalue weighted by Gasteiger charge is 2.19. The van der Waals surface area contributed by atoms with Gasteiger partial charge in [-0.3, -0.25) is 14.1 Å². The first-order chi connectivity index (χ1) is 29.6. The standard InChI is InChI=1S/C52H40N8/c53-43-17-7-8-18-44(43)55-40-29-23-35(24-30-40)49(36-25-31-41(32-26-36)59-47-21-11-9-19-45(47)56-51(59)38-13-3-1-4-14-38)58-50(54)37-27-33-42(34-28-37)60-48-22-12-10-20-46(48)57-52(60)39-15-5-2-6-16-39/h1-34,49,55H,53H2,(H2,54,58). The van der Waals surface area contributed by atoms with Crippen molar-refractivity contribution >= 4 is 45.0 Å². The van der Waals surface area contributed by atoms with E-state index in [0.717, 1.165) is 84.3 Å². The van der Waals surface area contributed by atoms with Crippen molar-refractivity contribution in [2.45, 2.75) is 6.04 Å². The first kappa shape index (κ1) is 36.1. The summed E-state index contributed by atoms with van der Waals surface area (Å²) in [5.41, 5.74) is 26.4. The van der Waals surface area contributed by atoms with Crippen molar-refractivity contribution in [1.29, 1.82) is 0 Å². The normalized spacial score (nSPS) is 12.2. The maximum atomic E-state index is 6.95. The molecule has 60 heavy (non-hydrogen) atoms. The average molecular weight is 777 g/mol. The first-order valence-electron chi connectivity index (χ1n) is 19.9. The van der Waals surface area contributed by atoms with Gasteiger partial charge < -0.3 is 16.8 Å². The van der Waals surface area contributed by atoms with Gasteiger partial charge >= 0.3 is 0 Å². The largest absolute Gasteiger partial charge is 0.397 e. The van der Waals surface area contributed by atoms with Crippen LogP contribution in [-0.2, 0) is 0 Å². The van der Waals surface area contributed by atoms with E-state index in [1.165, 1.54) is 0 Å². The molecule has 0 bridgehead atoms. The maximum Gasteiger partial charge on any atom is 0.145 e. The van der Waals surface area contributed by atoms with Crippen LogP contribution in [0.5, 0.6) is 0 Å². The molecule has 0 spiro atoms. The van der Waals surface area contributed by atoms with E-state index in [4.69, 9.17) is 26.4 Å². The second kappa shape index (κ2) is 15.6. The zero-order chi connectivity index (χ0) is 40.4. The highest BCUT2D eigenvalue weighted by atomic mass is 15.1. The molecule has 2 heterocycles. The van der Waals surface area contributed by atoms with Crippen LogP contribution in [0, 0.1) is 0 Å². The fraction of sp³-hybridized carbons (Fsp3) is 0.0192. The van der Waals surface area contributed by atoms with Gasteiger partial charge in [-0.25, -0.2) is 9.97 Å². The molecular weight excluding hydrogens is 737 g/mol. The number of anilines is 3. The van der Waals surface area contributed by atoms with Crippen LogP contribution in [-0.4, -0.2) is 24.9 Å². The number of fused-ring (bicyclic) bond motifs is 2. The number of nitrogen functional groups attached to an aromatic ring is 1. The van der Waals surface area contributed by atoms with Crippen LogP contribution in [0.2, 0.25) is 0 Å². The molecule has 0 saturated heterocycles. The quantitative estimate of drug-likeness (QED) is 0.0727. The molecule has 2 aromatic heterocycles. The molecular formula is C52H40N8. The molecule has 0 fully saturated rings. The number of imidazole rings is 2. The number of para-hydroxylation sites is 6. The minimum atomic E-state index is -0.398. The Bertz CT molecular complexity index is 3110. The summed E-state index contributed by atoms with van der Waals surface area (Å²) in [6, 6.07) is 69.4. The van der Waals surface area contributed by atoms with Gasteiger partial charge in [0.15, 0.2) is 0 Å². The lowest BCUT2D eigenvalue weighted by Crippen LogP contribution is -2.16. The van der Waals surface area contributed by atoms with Crippen molar-refractivity contribution in [3.05, 3.63) is 223 Å². The maximum absolute atomic E-state index is 6.95. The number of benzene rings is 8.